The molecular weight excluding hydrogens is 178 g/mol. The van der Waals surface area contributed by atoms with Gasteiger partial charge in [0.25, 0.3) is 5.91 Å². The monoisotopic (exact) mass is 199 g/mol. The zero-order valence-corrected chi connectivity index (χ0v) is 10.0. The highest BCUT2D eigenvalue weighted by Gasteiger charge is 2.45. The zero-order valence-electron chi connectivity index (χ0n) is 10.0. The molecule has 0 aliphatic rings. The van der Waals surface area contributed by atoms with Crippen molar-refractivity contribution in [2.75, 3.05) is 0 Å². The first-order chi connectivity index (χ1) is 6.15. The number of nitroso groups, excluding NO2 is 1. The topological polar surface area (TPSA) is 46.5 Å². The lowest BCUT2D eigenvalue weighted by Gasteiger charge is -2.39. The lowest BCUT2D eigenvalue weighted by Crippen LogP contribution is -2.40. The summed E-state index contributed by atoms with van der Waals surface area (Å²) in [6.45, 7) is 11.8. The van der Waals surface area contributed by atoms with Gasteiger partial charge in [0.2, 0.25) is 0 Å². The molecule has 14 heavy (non-hydrogen) atoms. The summed E-state index contributed by atoms with van der Waals surface area (Å²) in [5.74, 6) is -0.149. The molecule has 0 spiro atoms. The number of hydrogen-bond acceptors (Lipinski definition) is 2. The van der Waals surface area contributed by atoms with Gasteiger partial charge < -0.3 is 0 Å². The summed E-state index contributed by atoms with van der Waals surface area (Å²) >= 11 is 0. The molecule has 82 valence electrons. The van der Waals surface area contributed by atoms with Crippen LogP contribution >= 0.6 is 0 Å². The van der Waals surface area contributed by atoms with Crippen LogP contribution in [0.1, 0.15) is 48.0 Å². The van der Waals surface area contributed by atoms with Crippen LogP contribution in [0.3, 0.4) is 0 Å². The van der Waals surface area contributed by atoms with Gasteiger partial charge in [-0.2, -0.15) is 0 Å². The molecule has 0 radical (unpaired) electrons. The first-order valence-corrected chi connectivity index (χ1v) is 5.03. The fourth-order valence-electron chi connectivity index (χ4n) is 1.63. The normalized spacial score (nSPS) is 16.5. The molecule has 1 amide bonds. The van der Waals surface area contributed by atoms with Crippen molar-refractivity contribution in [2.24, 2.45) is 21.9 Å². The Bertz CT molecular complexity index is 228. The van der Waals surface area contributed by atoms with E-state index < -0.39 is 11.3 Å². The van der Waals surface area contributed by atoms with Gasteiger partial charge in [-0.1, -0.05) is 41.5 Å². The van der Waals surface area contributed by atoms with E-state index in [1.165, 1.54) is 0 Å². The van der Waals surface area contributed by atoms with Gasteiger partial charge in [0.1, 0.15) is 0 Å². The Morgan fingerprint density at radius 3 is 1.86 bits per heavy atom. The van der Waals surface area contributed by atoms with E-state index in [2.05, 4.69) is 5.18 Å². The summed E-state index contributed by atoms with van der Waals surface area (Å²) in [6, 6.07) is 0. The van der Waals surface area contributed by atoms with Crippen molar-refractivity contribution in [2.45, 2.75) is 48.0 Å². The van der Waals surface area contributed by atoms with Crippen molar-refractivity contribution in [3.8, 4) is 0 Å². The third-order valence-corrected chi connectivity index (χ3v) is 3.03. The minimum absolute atomic E-state index is 0.234. The molecule has 3 nitrogen and oxygen atoms in total. The third-order valence-electron chi connectivity index (χ3n) is 3.03. The van der Waals surface area contributed by atoms with Gasteiger partial charge in [-0.3, -0.25) is 4.79 Å². The Labute approximate surface area is 86.2 Å². The van der Waals surface area contributed by atoms with Gasteiger partial charge in [-0.25, -0.2) is 0 Å². The van der Waals surface area contributed by atoms with Crippen molar-refractivity contribution in [3.05, 3.63) is 4.91 Å². The smallest absolute Gasteiger partial charge is 0.268 e. The Morgan fingerprint density at radius 2 is 1.64 bits per heavy atom. The molecule has 0 aromatic heterocycles. The average molecular weight is 199 g/mol. The van der Waals surface area contributed by atoms with Gasteiger partial charge in [-0.15, -0.1) is 4.91 Å². The van der Waals surface area contributed by atoms with Crippen molar-refractivity contribution in [3.63, 3.8) is 0 Å². The number of hydrogen-bond donors (Lipinski definition) is 0. The predicted octanol–water partition coefficient (Wildman–Crippen LogP) is 3.38. The summed E-state index contributed by atoms with van der Waals surface area (Å²) in [4.78, 5) is 21.9. The molecule has 0 heterocycles. The van der Waals surface area contributed by atoms with Gasteiger partial charge in [0.15, 0.2) is 0 Å². The van der Waals surface area contributed by atoms with E-state index >= 15 is 0 Å². The molecule has 1 unspecified atom stereocenters. The van der Waals surface area contributed by atoms with Crippen molar-refractivity contribution < 1.29 is 4.79 Å². The maximum absolute atomic E-state index is 11.5. The molecule has 0 aromatic rings. The number of rotatable bonds is 3. The molecule has 0 fully saturated rings. The predicted molar refractivity (Wildman–Crippen MR) is 57.8 cm³/mol. The number of carbonyl (C=O) groups excluding carboxylic acids is 1. The second-order valence-corrected chi connectivity index (χ2v) is 5.58. The minimum atomic E-state index is -0.650. The molecule has 0 aliphatic carbocycles. The Hall–Kier alpha value is -0.730. The van der Waals surface area contributed by atoms with E-state index in [0.717, 1.165) is 0 Å². The lowest BCUT2D eigenvalue weighted by molar-refractivity contribution is -0.134. The fourth-order valence-corrected chi connectivity index (χ4v) is 1.63. The molecule has 0 bridgehead atoms. The third kappa shape index (κ3) is 2.63. The largest absolute Gasteiger partial charge is 0.292 e. The van der Waals surface area contributed by atoms with Crippen LogP contribution in [0.4, 0.5) is 0 Å². The first kappa shape index (κ1) is 13.3. The Balaban J connectivity index is 5.05. The molecule has 0 saturated heterocycles. The van der Waals surface area contributed by atoms with Gasteiger partial charge in [0, 0.05) is 5.18 Å². The summed E-state index contributed by atoms with van der Waals surface area (Å²) in [5, 5.41) is 2.59. The highest BCUT2D eigenvalue weighted by Crippen LogP contribution is 2.44. The molecule has 0 N–H and O–H groups in total. The first-order valence-electron chi connectivity index (χ1n) is 5.03. The van der Waals surface area contributed by atoms with Crippen LogP contribution in [0.15, 0.2) is 5.18 Å². The van der Waals surface area contributed by atoms with E-state index in [0.29, 0.717) is 12.3 Å². The maximum atomic E-state index is 11.5. The second-order valence-electron chi connectivity index (χ2n) is 5.58. The summed E-state index contributed by atoms with van der Waals surface area (Å²) in [6.07, 6.45) is 0.696. The average Bonchev–Trinajstić information content (AvgIpc) is 1.99. The van der Waals surface area contributed by atoms with Gasteiger partial charge in [0.05, 0.1) is 5.41 Å². The van der Waals surface area contributed by atoms with Crippen LogP contribution in [0.25, 0.3) is 0 Å². The van der Waals surface area contributed by atoms with E-state index in [9.17, 15) is 9.70 Å². The number of amides is 1. The zero-order chi connectivity index (χ0) is 11.6. The van der Waals surface area contributed by atoms with Crippen molar-refractivity contribution in [1.29, 1.82) is 0 Å². The lowest BCUT2D eigenvalue weighted by atomic mass is 9.63. The van der Waals surface area contributed by atoms with Gasteiger partial charge >= 0.3 is 0 Å². The SMILES string of the molecule is CC(C)CC(C)(C(=O)N=O)C(C)(C)C. The molecular formula is C11H21NO2. The van der Waals surface area contributed by atoms with Crippen molar-refractivity contribution in [1.82, 2.24) is 0 Å². The number of nitrogens with zero attached hydrogens (tertiary/aromatic N) is 1. The van der Waals surface area contributed by atoms with E-state index in [4.69, 9.17) is 0 Å². The van der Waals surface area contributed by atoms with E-state index in [1.807, 2.05) is 41.5 Å². The molecule has 0 saturated carbocycles. The van der Waals surface area contributed by atoms with Gasteiger partial charge in [-0.05, 0) is 17.8 Å². The van der Waals surface area contributed by atoms with Crippen LogP contribution in [0.5, 0.6) is 0 Å². The van der Waals surface area contributed by atoms with Crippen LogP contribution < -0.4 is 0 Å². The molecule has 0 rings (SSSR count). The quantitative estimate of drug-likeness (QED) is 0.654. The highest BCUT2D eigenvalue weighted by atomic mass is 16.3. The van der Waals surface area contributed by atoms with Crippen molar-refractivity contribution >= 4 is 5.91 Å². The molecule has 0 aliphatic heterocycles. The van der Waals surface area contributed by atoms with Crippen LogP contribution in [-0.2, 0) is 4.79 Å². The molecule has 1 atom stereocenters. The van der Waals surface area contributed by atoms with Crippen LogP contribution in [0, 0.1) is 21.7 Å². The summed E-state index contributed by atoms with van der Waals surface area (Å²) in [5.41, 5.74) is -0.884. The summed E-state index contributed by atoms with van der Waals surface area (Å²) in [7, 11) is 0. The maximum Gasteiger partial charge on any atom is 0.292 e. The molecule has 0 aromatic carbocycles. The summed E-state index contributed by atoms with van der Waals surface area (Å²) < 4.78 is 0. The second kappa shape index (κ2) is 4.20. The Kier molecular flexibility index (Phi) is 3.98. The minimum Gasteiger partial charge on any atom is -0.268 e. The van der Waals surface area contributed by atoms with Crippen LogP contribution in [-0.4, -0.2) is 5.91 Å². The van der Waals surface area contributed by atoms with E-state index in [-0.39, 0.29) is 5.41 Å². The Morgan fingerprint density at radius 1 is 1.21 bits per heavy atom. The van der Waals surface area contributed by atoms with E-state index in [1.54, 1.807) is 0 Å². The number of carbonyl (C=O) groups is 1. The van der Waals surface area contributed by atoms with Crippen LogP contribution in [0.2, 0.25) is 0 Å². The standard InChI is InChI=1S/C11H21NO2/c1-8(2)7-11(6,9(13)12-14)10(3,4)5/h8H,7H2,1-6H3. The highest BCUT2D eigenvalue weighted by molar-refractivity contribution is 5.83. The molecule has 3 heteroatoms. The fraction of sp³-hybridized carbons (Fsp3) is 0.909.